The first-order chi connectivity index (χ1) is 24.8. The number of hydrogen-bond acceptors (Lipinski definition) is 4. The highest BCUT2D eigenvalue weighted by molar-refractivity contribution is 6.99. The first-order valence-electron chi connectivity index (χ1n) is 17.0. The van der Waals surface area contributed by atoms with E-state index in [9.17, 15) is 0 Å². The Kier molecular flexibility index (Phi) is 4.99. The quantitative estimate of drug-likeness (QED) is 0.177. The van der Waals surface area contributed by atoms with Crippen LogP contribution in [0.5, 0.6) is 23.2 Å². The Morgan fingerprint density at radius 1 is 0.460 bits per heavy atom. The number of para-hydroxylation sites is 6. The molecule has 0 amide bonds. The topological polar surface area (TPSA) is 39.8 Å². The van der Waals surface area contributed by atoms with Crippen molar-refractivity contribution in [1.82, 2.24) is 4.57 Å². The fraction of sp³-hybridized carbons (Fsp3) is 0. The molecule has 7 aromatic carbocycles. The molecule has 50 heavy (non-hydrogen) atoms. The lowest BCUT2D eigenvalue weighted by Crippen LogP contribution is -2.59. The molecule has 0 spiro atoms. The lowest BCUT2D eigenvalue weighted by molar-refractivity contribution is 0.358. The molecule has 12 rings (SSSR count). The number of fused-ring (bicyclic) bond motifs is 11. The maximum absolute atomic E-state index is 7.08. The summed E-state index contributed by atoms with van der Waals surface area (Å²) < 4.78 is 22.3. The first kappa shape index (κ1) is 26.3. The molecule has 0 unspecified atom stereocenters. The van der Waals surface area contributed by atoms with Gasteiger partial charge >= 0.3 is 5.95 Å². The van der Waals surface area contributed by atoms with Gasteiger partial charge in [0.25, 0.3) is 6.71 Å². The Morgan fingerprint density at radius 3 is 2.00 bits per heavy atom. The summed E-state index contributed by atoms with van der Waals surface area (Å²) in [5.74, 6) is 3.03. The molecule has 0 saturated carbocycles. The molecule has 0 N–H and O–H groups in total. The van der Waals surface area contributed by atoms with Crippen LogP contribution in [0.3, 0.4) is 0 Å². The molecule has 0 atom stereocenters. The minimum atomic E-state index is -0.0557. The lowest BCUT2D eigenvalue weighted by atomic mass is 9.34. The monoisotopic (exact) mass is 640 g/mol. The largest absolute Gasteiger partial charge is 0.458 e. The van der Waals surface area contributed by atoms with Gasteiger partial charge in [-0.15, -0.1) is 0 Å². The maximum Gasteiger partial charge on any atom is 0.316 e. The molecule has 232 valence electrons. The minimum Gasteiger partial charge on any atom is -0.458 e. The number of benzene rings is 7. The van der Waals surface area contributed by atoms with Crippen molar-refractivity contribution in [3.8, 4) is 40.0 Å². The van der Waals surface area contributed by atoms with Crippen molar-refractivity contribution in [2.45, 2.75) is 0 Å². The predicted molar refractivity (Wildman–Crippen MR) is 202 cm³/mol. The van der Waals surface area contributed by atoms with E-state index in [0.29, 0.717) is 5.95 Å². The van der Waals surface area contributed by atoms with Crippen molar-refractivity contribution >= 4 is 72.9 Å². The van der Waals surface area contributed by atoms with Gasteiger partial charge in [-0.25, -0.2) is 0 Å². The molecule has 6 heteroatoms. The van der Waals surface area contributed by atoms with Gasteiger partial charge in [0.2, 0.25) is 0 Å². The fourth-order valence-electron chi connectivity index (χ4n) is 8.70. The van der Waals surface area contributed by atoms with Crippen molar-refractivity contribution in [1.29, 1.82) is 0 Å². The normalized spacial score (nSPS) is 13.4. The summed E-state index contributed by atoms with van der Waals surface area (Å²) >= 11 is 0. The van der Waals surface area contributed by atoms with Gasteiger partial charge in [0.05, 0.1) is 22.4 Å². The van der Waals surface area contributed by atoms with E-state index < -0.39 is 0 Å². The van der Waals surface area contributed by atoms with Gasteiger partial charge in [0.1, 0.15) is 22.8 Å². The number of furan rings is 1. The number of ether oxygens (including phenoxy) is 2. The van der Waals surface area contributed by atoms with Crippen LogP contribution in [0.2, 0.25) is 0 Å². The first-order valence-corrected chi connectivity index (χ1v) is 17.0. The Labute approximate surface area is 287 Å². The average Bonchev–Trinajstić information content (AvgIpc) is 3.71. The van der Waals surface area contributed by atoms with Crippen LogP contribution >= 0.6 is 0 Å². The molecule has 3 aliphatic rings. The zero-order valence-corrected chi connectivity index (χ0v) is 26.6. The summed E-state index contributed by atoms with van der Waals surface area (Å²) in [6.45, 7) is -0.0557. The lowest BCUT2D eigenvalue weighted by Gasteiger charge is -2.42. The third-order valence-electron chi connectivity index (χ3n) is 10.7. The molecule has 5 nitrogen and oxygen atoms in total. The van der Waals surface area contributed by atoms with Crippen molar-refractivity contribution in [3.05, 3.63) is 152 Å². The van der Waals surface area contributed by atoms with E-state index in [-0.39, 0.29) is 6.71 Å². The highest BCUT2D eigenvalue weighted by atomic mass is 16.6. The number of nitrogens with zero attached hydrogens (tertiary/aromatic N) is 2. The van der Waals surface area contributed by atoms with Crippen LogP contribution in [0.15, 0.2) is 156 Å². The summed E-state index contributed by atoms with van der Waals surface area (Å²) in [7, 11) is 0. The Hall–Kier alpha value is -6.66. The Morgan fingerprint density at radius 2 is 1.14 bits per heavy atom. The number of aromatic nitrogens is 1. The number of anilines is 3. The smallest absolute Gasteiger partial charge is 0.316 e. The second-order valence-electron chi connectivity index (χ2n) is 13.2. The van der Waals surface area contributed by atoms with E-state index in [1.165, 1.54) is 27.3 Å². The second-order valence-corrected chi connectivity index (χ2v) is 13.2. The van der Waals surface area contributed by atoms with Gasteiger partial charge in [-0.2, -0.15) is 0 Å². The van der Waals surface area contributed by atoms with E-state index in [1.54, 1.807) is 0 Å². The standard InChI is InChI=1S/C44H25BN2O3/c1-6-18-33-26(12-1)27-13-2-7-19-34(27)46(33)35-20-8-3-14-28(35)29-24-25-36-40-43(29)48-38-22-10-5-16-31(38)45(40)32-17-11-23-39-42(32)47(36)41-30-15-4-9-21-37(30)49-44(41)50-39/h1-25H. The molecule has 3 aliphatic heterocycles. The Balaban J connectivity index is 1.17. The molecule has 0 radical (unpaired) electrons. The minimum absolute atomic E-state index is 0.0557. The summed E-state index contributed by atoms with van der Waals surface area (Å²) in [6.07, 6.45) is 0. The molecule has 2 aromatic heterocycles. The molecule has 0 saturated heterocycles. The summed E-state index contributed by atoms with van der Waals surface area (Å²) in [5.41, 5.74) is 12.9. The molecule has 0 bridgehead atoms. The highest BCUT2D eigenvalue weighted by Gasteiger charge is 2.46. The van der Waals surface area contributed by atoms with Crippen molar-refractivity contribution in [3.63, 3.8) is 0 Å². The van der Waals surface area contributed by atoms with Gasteiger partial charge < -0.3 is 23.4 Å². The average molecular weight is 641 g/mol. The Bertz CT molecular complexity index is 2870. The zero-order chi connectivity index (χ0) is 32.5. The van der Waals surface area contributed by atoms with Gasteiger partial charge in [-0.05, 0) is 71.0 Å². The van der Waals surface area contributed by atoms with E-state index in [1.807, 2.05) is 18.2 Å². The molecular formula is C44H25BN2O3. The zero-order valence-electron chi connectivity index (χ0n) is 26.6. The van der Waals surface area contributed by atoms with Crippen LogP contribution in [-0.2, 0) is 0 Å². The van der Waals surface area contributed by atoms with E-state index >= 15 is 0 Å². The van der Waals surface area contributed by atoms with Gasteiger partial charge in [-0.1, -0.05) is 97.1 Å². The van der Waals surface area contributed by atoms with Crippen LogP contribution in [0.1, 0.15) is 0 Å². The summed E-state index contributed by atoms with van der Waals surface area (Å²) in [4.78, 5) is 2.34. The highest BCUT2D eigenvalue weighted by Crippen LogP contribution is 2.56. The van der Waals surface area contributed by atoms with Crippen molar-refractivity contribution < 1.29 is 13.9 Å². The summed E-state index contributed by atoms with van der Waals surface area (Å²) in [5, 5.41) is 3.48. The molecule has 5 heterocycles. The molecule has 9 aromatic rings. The van der Waals surface area contributed by atoms with Crippen LogP contribution in [0.4, 0.5) is 17.1 Å². The van der Waals surface area contributed by atoms with Crippen LogP contribution in [-0.4, -0.2) is 11.3 Å². The van der Waals surface area contributed by atoms with Crippen LogP contribution in [0.25, 0.3) is 49.6 Å². The summed E-state index contributed by atoms with van der Waals surface area (Å²) in [6, 6.07) is 53.5. The van der Waals surface area contributed by atoms with E-state index in [2.05, 4.69) is 143 Å². The van der Waals surface area contributed by atoms with E-state index in [0.717, 1.165) is 73.0 Å². The predicted octanol–water partition coefficient (Wildman–Crippen LogP) is 9.71. The van der Waals surface area contributed by atoms with Crippen LogP contribution < -0.4 is 30.8 Å². The molecule has 0 aliphatic carbocycles. The number of hydrogen-bond donors (Lipinski definition) is 0. The van der Waals surface area contributed by atoms with Gasteiger partial charge in [0.15, 0.2) is 5.75 Å². The molecular weight excluding hydrogens is 615 g/mol. The molecule has 0 fully saturated rings. The third kappa shape index (κ3) is 3.28. The van der Waals surface area contributed by atoms with Crippen molar-refractivity contribution in [2.24, 2.45) is 0 Å². The SMILES string of the molecule is c1ccc2c(c1)Oc1c(-c3ccccc3-n3c4ccccc4c4ccccc43)ccc3c1B2c1cccc2c1N3c1c(oc3ccccc13)O2. The maximum atomic E-state index is 7.08. The van der Waals surface area contributed by atoms with Crippen LogP contribution in [0, 0.1) is 0 Å². The van der Waals surface area contributed by atoms with E-state index in [4.69, 9.17) is 13.9 Å². The van der Waals surface area contributed by atoms with Gasteiger partial charge in [0, 0.05) is 33.0 Å². The third-order valence-corrected chi connectivity index (χ3v) is 10.7. The second kappa shape index (κ2) is 9.49. The van der Waals surface area contributed by atoms with Gasteiger partial charge in [-0.3, -0.25) is 0 Å². The fourth-order valence-corrected chi connectivity index (χ4v) is 8.70. The number of rotatable bonds is 2. The van der Waals surface area contributed by atoms with Crippen molar-refractivity contribution in [2.75, 3.05) is 4.90 Å².